The first kappa shape index (κ1) is 24.4. The lowest BCUT2D eigenvalue weighted by Gasteiger charge is -2.05. The van der Waals surface area contributed by atoms with Crippen molar-refractivity contribution >= 4 is 64.4 Å². The zero-order chi connectivity index (χ0) is 24.1. The van der Waals surface area contributed by atoms with Gasteiger partial charge in [-0.2, -0.15) is 4.37 Å². The summed E-state index contributed by atoms with van der Waals surface area (Å²) in [7, 11) is -7.11. The number of nitrogens with zero attached hydrogens (tertiary/aromatic N) is 2. The van der Waals surface area contributed by atoms with Crippen molar-refractivity contribution in [3.8, 4) is 0 Å². The van der Waals surface area contributed by atoms with E-state index in [4.69, 9.17) is 11.5 Å². The summed E-state index contributed by atoms with van der Waals surface area (Å²) < 4.78 is 56.4. The molecule has 0 radical (unpaired) electrons. The molecular formula is C19H20N6O4S4. The molecule has 0 fully saturated rings. The van der Waals surface area contributed by atoms with E-state index < -0.39 is 20.0 Å². The number of aromatic nitrogens is 2. The number of nitrogens with one attached hydrogen (secondary N) is 2. The molecule has 4 rings (SSSR count). The Labute approximate surface area is 199 Å². The van der Waals surface area contributed by atoms with Gasteiger partial charge in [0.15, 0.2) is 5.13 Å². The van der Waals surface area contributed by atoms with E-state index in [9.17, 15) is 16.8 Å². The topological polar surface area (TPSA) is 170 Å². The zero-order valence-electron chi connectivity index (χ0n) is 17.2. The SMILES string of the molecule is Cc1cc(NS(=O)(=O)c2ccc(N)cc2)sn1.Nc1ccc(S(=O)(=O)Nc2nccs2)cc1. The Bertz CT molecular complexity index is 1400. The first-order valence-corrected chi connectivity index (χ1v) is 13.8. The van der Waals surface area contributed by atoms with Gasteiger partial charge in [0.05, 0.1) is 15.5 Å². The highest BCUT2D eigenvalue weighted by atomic mass is 32.2. The van der Waals surface area contributed by atoms with Crippen molar-refractivity contribution < 1.29 is 16.8 Å². The number of anilines is 4. The van der Waals surface area contributed by atoms with Gasteiger partial charge in [0.2, 0.25) is 0 Å². The van der Waals surface area contributed by atoms with Crippen molar-refractivity contribution in [2.24, 2.45) is 0 Å². The van der Waals surface area contributed by atoms with Gasteiger partial charge in [-0.05, 0) is 73.1 Å². The smallest absolute Gasteiger partial charge is 0.263 e. The van der Waals surface area contributed by atoms with Crippen LogP contribution >= 0.6 is 22.9 Å². The number of hydrogen-bond donors (Lipinski definition) is 4. The van der Waals surface area contributed by atoms with Crippen LogP contribution in [0.25, 0.3) is 0 Å². The summed E-state index contributed by atoms with van der Waals surface area (Å²) in [6.45, 7) is 1.80. The predicted molar refractivity (Wildman–Crippen MR) is 132 cm³/mol. The highest BCUT2D eigenvalue weighted by molar-refractivity contribution is 7.93. The third-order valence-corrected chi connectivity index (χ3v) is 8.38. The van der Waals surface area contributed by atoms with Crippen molar-refractivity contribution in [1.29, 1.82) is 0 Å². The van der Waals surface area contributed by atoms with E-state index in [-0.39, 0.29) is 9.79 Å². The van der Waals surface area contributed by atoms with Gasteiger partial charge in [-0.3, -0.25) is 9.44 Å². The molecule has 174 valence electrons. The van der Waals surface area contributed by atoms with Gasteiger partial charge >= 0.3 is 0 Å². The molecule has 0 saturated heterocycles. The number of hydrogen-bond acceptors (Lipinski definition) is 10. The van der Waals surface area contributed by atoms with Crippen LogP contribution in [-0.4, -0.2) is 26.2 Å². The average Bonchev–Trinajstić information content (AvgIpc) is 3.40. The summed E-state index contributed by atoms with van der Waals surface area (Å²) in [6, 6.07) is 13.7. The normalized spacial score (nSPS) is 11.3. The predicted octanol–water partition coefficient (Wildman–Crippen LogP) is 3.36. The third kappa shape index (κ3) is 6.89. The van der Waals surface area contributed by atoms with E-state index in [1.54, 1.807) is 30.5 Å². The number of thiazole rings is 1. The Balaban J connectivity index is 0.000000186. The molecule has 0 bridgehead atoms. The van der Waals surface area contributed by atoms with Gasteiger partial charge in [0.1, 0.15) is 5.00 Å². The number of sulfonamides is 2. The maximum atomic E-state index is 11.9. The number of aryl methyl sites for hydroxylation is 1. The lowest BCUT2D eigenvalue weighted by molar-refractivity contribution is 0.599. The van der Waals surface area contributed by atoms with Gasteiger partial charge in [0.25, 0.3) is 20.0 Å². The van der Waals surface area contributed by atoms with Crippen molar-refractivity contribution in [2.45, 2.75) is 16.7 Å². The minimum Gasteiger partial charge on any atom is -0.399 e. The minimum absolute atomic E-state index is 0.164. The standard InChI is InChI=1S/C10H11N3O2S2.C9H9N3O2S2/c1-7-6-10(16-12-7)13-17(14,15)9-4-2-8(11)3-5-9;10-7-1-3-8(4-2-7)16(13,14)12-9-11-5-6-15-9/h2-6,13H,11H2,1H3;1-6H,10H2,(H,11,12). The molecule has 10 nitrogen and oxygen atoms in total. The van der Waals surface area contributed by atoms with Gasteiger partial charge in [-0.15, -0.1) is 11.3 Å². The van der Waals surface area contributed by atoms with Crippen LogP contribution in [0.15, 0.2) is 76.0 Å². The highest BCUT2D eigenvalue weighted by Crippen LogP contribution is 2.21. The average molecular weight is 525 g/mol. The molecule has 0 unspecified atom stereocenters. The van der Waals surface area contributed by atoms with Crippen LogP contribution in [0.4, 0.5) is 21.5 Å². The molecule has 2 heterocycles. The Morgan fingerprint density at radius 1 is 0.818 bits per heavy atom. The molecule has 14 heteroatoms. The molecular weight excluding hydrogens is 505 g/mol. The zero-order valence-corrected chi connectivity index (χ0v) is 20.4. The Hall–Kier alpha value is -3.20. The second kappa shape index (κ2) is 10.2. The lowest BCUT2D eigenvalue weighted by atomic mass is 10.3. The summed E-state index contributed by atoms with van der Waals surface area (Å²) in [5.41, 5.74) is 12.8. The maximum absolute atomic E-state index is 11.9. The van der Waals surface area contributed by atoms with Crippen molar-refractivity contribution in [3.63, 3.8) is 0 Å². The van der Waals surface area contributed by atoms with Crippen molar-refractivity contribution in [3.05, 3.63) is 71.9 Å². The molecule has 0 aliphatic heterocycles. The molecule has 0 aliphatic rings. The van der Waals surface area contributed by atoms with Crippen molar-refractivity contribution in [1.82, 2.24) is 9.36 Å². The van der Waals surface area contributed by atoms with E-state index in [2.05, 4.69) is 18.8 Å². The number of nitrogens with two attached hydrogens (primary N) is 2. The fraction of sp³-hybridized carbons (Fsp3) is 0.0526. The second-order valence-electron chi connectivity index (χ2n) is 6.52. The van der Waals surface area contributed by atoms with Crippen LogP contribution < -0.4 is 20.9 Å². The van der Waals surface area contributed by atoms with Gasteiger partial charge in [-0.25, -0.2) is 21.8 Å². The van der Waals surface area contributed by atoms with Crippen LogP contribution in [0.1, 0.15) is 5.69 Å². The van der Waals surface area contributed by atoms with Gasteiger partial charge in [-0.1, -0.05) is 0 Å². The van der Waals surface area contributed by atoms with Crippen LogP contribution in [0.3, 0.4) is 0 Å². The molecule has 0 saturated carbocycles. The first-order valence-electron chi connectivity index (χ1n) is 9.15. The highest BCUT2D eigenvalue weighted by Gasteiger charge is 2.15. The molecule has 2 aromatic heterocycles. The quantitative estimate of drug-likeness (QED) is 0.278. The third-order valence-electron chi connectivity index (χ3n) is 3.90. The largest absolute Gasteiger partial charge is 0.399 e. The molecule has 0 spiro atoms. The van der Waals surface area contributed by atoms with Crippen molar-refractivity contribution in [2.75, 3.05) is 20.9 Å². The van der Waals surface area contributed by atoms with E-state index in [1.807, 2.05) is 0 Å². The summed E-state index contributed by atoms with van der Waals surface area (Å²) in [6.07, 6.45) is 1.53. The Morgan fingerprint density at radius 3 is 1.76 bits per heavy atom. The number of benzene rings is 2. The lowest BCUT2D eigenvalue weighted by Crippen LogP contribution is -2.12. The molecule has 6 N–H and O–H groups in total. The monoisotopic (exact) mass is 524 g/mol. The molecule has 33 heavy (non-hydrogen) atoms. The maximum Gasteiger partial charge on any atom is 0.263 e. The fourth-order valence-corrected chi connectivity index (χ4v) is 6.07. The molecule has 0 aliphatic carbocycles. The van der Waals surface area contributed by atoms with Crippen LogP contribution in [0.2, 0.25) is 0 Å². The van der Waals surface area contributed by atoms with Gasteiger partial charge in [0, 0.05) is 23.0 Å². The second-order valence-corrected chi connectivity index (χ2v) is 11.6. The van der Waals surface area contributed by atoms with Crippen LogP contribution in [0, 0.1) is 6.92 Å². The fourth-order valence-electron chi connectivity index (χ4n) is 2.34. The summed E-state index contributed by atoms with van der Waals surface area (Å²) >= 11 is 2.33. The minimum atomic E-state index is -3.56. The molecule has 0 atom stereocenters. The molecule has 2 aromatic carbocycles. The van der Waals surface area contributed by atoms with E-state index >= 15 is 0 Å². The summed E-state index contributed by atoms with van der Waals surface area (Å²) in [5.74, 6) is 0. The number of nitrogen functional groups attached to an aromatic ring is 2. The Kier molecular flexibility index (Phi) is 7.53. The number of rotatable bonds is 6. The van der Waals surface area contributed by atoms with E-state index in [0.29, 0.717) is 21.5 Å². The van der Waals surface area contributed by atoms with Crippen LogP contribution in [-0.2, 0) is 20.0 Å². The molecule has 4 aromatic rings. The molecule has 0 amide bonds. The Morgan fingerprint density at radius 2 is 1.33 bits per heavy atom. The van der Waals surface area contributed by atoms with E-state index in [1.165, 1.54) is 53.9 Å². The first-order chi connectivity index (χ1) is 15.5. The van der Waals surface area contributed by atoms with E-state index in [0.717, 1.165) is 17.2 Å². The van der Waals surface area contributed by atoms with Gasteiger partial charge < -0.3 is 11.5 Å². The summed E-state index contributed by atoms with van der Waals surface area (Å²) in [5, 5.41) is 2.54. The van der Waals surface area contributed by atoms with Crippen LogP contribution in [0.5, 0.6) is 0 Å². The summed E-state index contributed by atoms with van der Waals surface area (Å²) in [4.78, 5) is 4.19.